The fourth-order valence-corrected chi connectivity index (χ4v) is 1.68. The maximum Gasteiger partial charge on any atom is 0.213 e. The van der Waals surface area contributed by atoms with Crippen molar-refractivity contribution in [1.82, 2.24) is 10.3 Å². The Balaban J connectivity index is 2.37. The minimum Gasteiger partial charge on any atom is -0.481 e. The summed E-state index contributed by atoms with van der Waals surface area (Å²) in [6.45, 7) is 1.05. The molecule has 16 heavy (non-hydrogen) atoms. The minimum absolute atomic E-state index is 0.148. The van der Waals surface area contributed by atoms with Crippen LogP contribution in [0.5, 0.6) is 5.88 Å². The van der Waals surface area contributed by atoms with Crippen LogP contribution >= 0.6 is 0 Å². The summed E-state index contributed by atoms with van der Waals surface area (Å²) in [5.41, 5.74) is 1.01. The molecule has 0 fully saturated rings. The third-order valence-corrected chi connectivity index (χ3v) is 2.93. The number of methoxy groups -OCH3 is 1. The molecular weight excluding hydrogens is 228 g/mol. The van der Waals surface area contributed by atoms with Crippen LogP contribution < -0.4 is 10.1 Å². The summed E-state index contributed by atoms with van der Waals surface area (Å²) in [6.07, 6.45) is 2.89. The van der Waals surface area contributed by atoms with Crippen LogP contribution in [0.3, 0.4) is 0 Å². The lowest BCUT2D eigenvalue weighted by atomic mass is 10.2. The van der Waals surface area contributed by atoms with E-state index in [2.05, 4.69) is 10.3 Å². The summed E-state index contributed by atoms with van der Waals surface area (Å²) in [5.74, 6) is 0.706. The predicted octanol–water partition coefficient (Wildman–Crippen LogP) is 0.224. The molecule has 0 aliphatic rings. The Morgan fingerprint density at radius 2 is 2.25 bits per heavy atom. The number of hydrogen-bond acceptors (Lipinski definition) is 5. The minimum atomic E-state index is -2.89. The molecule has 0 unspecified atom stereocenters. The van der Waals surface area contributed by atoms with E-state index in [9.17, 15) is 8.42 Å². The highest BCUT2D eigenvalue weighted by Gasteiger charge is 2.01. The third-order valence-electron chi connectivity index (χ3n) is 1.99. The van der Waals surface area contributed by atoms with E-state index in [0.29, 0.717) is 19.0 Å². The maximum atomic E-state index is 10.9. The van der Waals surface area contributed by atoms with Crippen LogP contribution in [0.15, 0.2) is 18.3 Å². The van der Waals surface area contributed by atoms with Crippen molar-refractivity contribution in [3.8, 4) is 5.88 Å². The Morgan fingerprint density at radius 1 is 1.50 bits per heavy atom. The second kappa shape index (κ2) is 5.81. The van der Waals surface area contributed by atoms with Crippen LogP contribution in [0.25, 0.3) is 0 Å². The lowest BCUT2D eigenvalue weighted by Crippen LogP contribution is -2.21. The lowest BCUT2D eigenvalue weighted by molar-refractivity contribution is 0.397. The lowest BCUT2D eigenvalue weighted by Gasteiger charge is -2.05. The topological polar surface area (TPSA) is 68.3 Å². The number of nitrogens with zero attached hydrogens (tertiary/aromatic N) is 1. The van der Waals surface area contributed by atoms with Gasteiger partial charge < -0.3 is 10.1 Å². The van der Waals surface area contributed by atoms with Crippen LogP contribution in [0.1, 0.15) is 5.56 Å². The molecule has 1 N–H and O–H groups in total. The molecule has 0 aromatic carbocycles. The first-order valence-electron chi connectivity index (χ1n) is 4.88. The quantitative estimate of drug-likeness (QED) is 0.725. The van der Waals surface area contributed by atoms with Gasteiger partial charge in [-0.1, -0.05) is 0 Å². The first-order chi connectivity index (χ1) is 7.51. The Bertz CT molecular complexity index is 431. The zero-order valence-corrected chi connectivity index (χ0v) is 10.3. The van der Waals surface area contributed by atoms with Crippen molar-refractivity contribution < 1.29 is 13.2 Å². The Labute approximate surface area is 95.8 Å². The molecule has 0 saturated carbocycles. The molecule has 6 heteroatoms. The Hall–Kier alpha value is -1.14. The Kier molecular flexibility index (Phi) is 4.70. The van der Waals surface area contributed by atoms with Gasteiger partial charge >= 0.3 is 0 Å². The number of rotatable bonds is 6. The molecule has 0 aliphatic carbocycles. The molecule has 0 atom stereocenters. The normalized spacial score (nSPS) is 11.4. The van der Waals surface area contributed by atoms with E-state index in [0.717, 1.165) is 5.56 Å². The van der Waals surface area contributed by atoms with Gasteiger partial charge in [0.2, 0.25) is 5.88 Å². The third kappa shape index (κ3) is 5.09. The van der Waals surface area contributed by atoms with Gasteiger partial charge in [-0.25, -0.2) is 13.4 Å². The van der Waals surface area contributed by atoms with Gasteiger partial charge in [0.25, 0.3) is 0 Å². The summed E-state index contributed by atoms with van der Waals surface area (Å²) < 4.78 is 26.7. The average Bonchev–Trinajstić information content (AvgIpc) is 2.23. The van der Waals surface area contributed by atoms with Gasteiger partial charge in [0, 0.05) is 31.6 Å². The number of nitrogens with one attached hydrogen (secondary N) is 1. The molecule has 0 aliphatic heterocycles. The van der Waals surface area contributed by atoms with Gasteiger partial charge in [-0.15, -0.1) is 0 Å². The molecule has 0 radical (unpaired) electrons. The van der Waals surface area contributed by atoms with Crippen LogP contribution in [-0.4, -0.2) is 39.1 Å². The van der Waals surface area contributed by atoms with Crippen LogP contribution in [0.2, 0.25) is 0 Å². The standard InChI is InChI=1S/C10H16N2O3S/c1-15-10-7-9(3-4-12-10)8-11-5-6-16(2,13)14/h3-4,7,11H,5-6,8H2,1-2H3. The summed E-state index contributed by atoms with van der Waals surface area (Å²) in [6, 6.07) is 3.67. The molecule has 1 heterocycles. The number of sulfone groups is 1. The summed E-state index contributed by atoms with van der Waals surface area (Å²) in [7, 11) is -1.33. The summed E-state index contributed by atoms with van der Waals surface area (Å²) in [4.78, 5) is 3.98. The molecule has 0 spiro atoms. The first-order valence-corrected chi connectivity index (χ1v) is 6.94. The molecule has 90 valence electrons. The zero-order chi connectivity index (χ0) is 12.0. The predicted molar refractivity (Wildman–Crippen MR) is 62.2 cm³/mol. The van der Waals surface area contributed by atoms with E-state index in [4.69, 9.17) is 4.74 Å². The first kappa shape index (κ1) is 12.9. The molecule has 0 bridgehead atoms. The van der Waals surface area contributed by atoms with Gasteiger partial charge in [0.1, 0.15) is 9.84 Å². The fourth-order valence-electron chi connectivity index (χ4n) is 1.16. The van der Waals surface area contributed by atoms with E-state index >= 15 is 0 Å². The van der Waals surface area contributed by atoms with E-state index in [1.165, 1.54) is 6.26 Å². The van der Waals surface area contributed by atoms with Crippen molar-refractivity contribution in [2.24, 2.45) is 0 Å². The van der Waals surface area contributed by atoms with Gasteiger partial charge in [-0.3, -0.25) is 0 Å². The SMILES string of the molecule is COc1cc(CNCCS(C)(=O)=O)ccn1. The van der Waals surface area contributed by atoms with Crippen molar-refractivity contribution in [2.75, 3.05) is 25.7 Å². The van der Waals surface area contributed by atoms with Gasteiger partial charge in [0.05, 0.1) is 12.9 Å². The molecule has 1 aromatic rings. The van der Waals surface area contributed by atoms with E-state index in [1.54, 1.807) is 13.3 Å². The van der Waals surface area contributed by atoms with Crippen molar-refractivity contribution in [1.29, 1.82) is 0 Å². The zero-order valence-electron chi connectivity index (χ0n) is 9.43. The highest BCUT2D eigenvalue weighted by atomic mass is 32.2. The van der Waals surface area contributed by atoms with Gasteiger partial charge in [0.15, 0.2) is 0 Å². The molecule has 1 aromatic heterocycles. The second-order valence-corrected chi connectivity index (χ2v) is 5.77. The maximum absolute atomic E-state index is 10.9. The van der Waals surface area contributed by atoms with Gasteiger partial charge in [-0.2, -0.15) is 0 Å². The smallest absolute Gasteiger partial charge is 0.213 e. The number of aromatic nitrogens is 1. The van der Waals surface area contributed by atoms with Crippen LogP contribution in [-0.2, 0) is 16.4 Å². The fraction of sp³-hybridized carbons (Fsp3) is 0.500. The van der Waals surface area contributed by atoms with E-state index < -0.39 is 9.84 Å². The molecule has 5 nitrogen and oxygen atoms in total. The monoisotopic (exact) mass is 244 g/mol. The average molecular weight is 244 g/mol. The van der Waals surface area contributed by atoms with Crippen molar-refractivity contribution in [3.63, 3.8) is 0 Å². The van der Waals surface area contributed by atoms with Crippen LogP contribution in [0, 0.1) is 0 Å². The van der Waals surface area contributed by atoms with Crippen LogP contribution in [0.4, 0.5) is 0 Å². The number of hydrogen-bond donors (Lipinski definition) is 1. The summed E-state index contributed by atoms with van der Waals surface area (Å²) >= 11 is 0. The summed E-state index contributed by atoms with van der Waals surface area (Å²) in [5, 5.41) is 3.05. The van der Waals surface area contributed by atoms with Crippen molar-refractivity contribution in [3.05, 3.63) is 23.9 Å². The molecule has 0 amide bonds. The van der Waals surface area contributed by atoms with Gasteiger partial charge in [-0.05, 0) is 11.6 Å². The molecule has 0 saturated heterocycles. The highest BCUT2D eigenvalue weighted by Crippen LogP contribution is 2.07. The van der Waals surface area contributed by atoms with Crippen molar-refractivity contribution >= 4 is 9.84 Å². The number of pyridine rings is 1. The second-order valence-electron chi connectivity index (χ2n) is 3.51. The molecule has 1 rings (SSSR count). The van der Waals surface area contributed by atoms with E-state index in [-0.39, 0.29) is 5.75 Å². The van der Waals surface area contributed by atoms with Crippen molar-refractivity contribution in [2.45, 2.75) is 6.54 Å². The van der Waals surface area contributed by atoms with E-state index in [1.807, 2.05) is 12.1 Å². The highest BCUT2D eigenvalue weighted by molar-refractivity contribution is 7.90. The molecular formula is C10H16N2O3S. The number of ether oxygens (including phenoxy) is 1. The largest absolute Gasteiger partial charge is 0.481 e. The Morgan fingerprint density at radius 3 is 2.88 bits per heavy atom.